The Labute approximate surface area is 130 Å². The average molecular weight is 300 g/mol. The number of methoxy groups -OCH3 is 2. The van der Waals surface area contributed by atoms with Crippen LogP contribution in [0.3, 0.4) is 0 Å². The van der Waals surface area contributed by atoms with Crippen LogP contribution in [0.2, 0.25) is 0 Å². The molecule has 0 amide bonds. The van der Waals surface area contributed by atoms with E-state index in [0.717, 1.165) is 0 Å². The first-order chi connectivity index (χ1) is 10.5. The predicted molar refractivity (Wildman–Crippen MR) is 84.5 cm³/mol. The highest BCUT2D eigenvalue weighted by atomic mass is 16.5. The summed E-state index contributed by atoms with van der Waals surface area (Å²) in [5.74, 6) is 1.12. The number of hydrogen-bond acceptors (Lipinski definition) is 4. The maximum Gasteiger partial charge on any atom is 0.166 e. The number of ketones is 1. The van der Waals surface area contributed by atoms with Crippen molar-refractivity contribution in [1.82, 2.24) is 0 Å². The molecule has 116 valence electrons. The predicted octanol–water partition coefficient (Wildman–Crippen LogP) is 3.18. The van der Waals surface area contributed by atoms with Gasteiger partial charge in [0.05, 0.1) is 19.8 Å². The molecule has 22 heavy (non-hydrogen) atoms. The SMILES string of the molecule is COc1cccc(C(=O)CC(C)(O)c2cccc(OC)c2)c1. The van der Waals surface area contributed by atoms with Crippen LogP contribution in [-0.2, 0) is 5.60 Å². The van der Waals surface area contributed by atoms with Crippen LogP contribution in [-0.4, -0.2) is 25.1 Å². The number of rotatable bonds is 6. The third-order valence-electron chi connectivity index (χ3n) is 3.59. The van der Waals surface area contributed by atoms with E-state index in [1.54, 1.807) is 69.7 Å². The van der Waals surface area contributed by atoms with Crippen molar-refractivity contribution < 1.29 is 19.4 Å². The van der Waals surface area contributed by atoms with Crippen molar-refractivity contribution in [1.29, 1.82) is 0 Å². The standard InChI is InChI=1S/C18H20O4/c1-18(20,14-7-5-9-16(11-14)22-3)12-17(19)13-6-4-8-15(10-13)21-2/h4-11,20H,12H2,1-3H3. The molecule has 0 fully saturated rings. The van der Waals surface area contributed by atoms with E-state index < -0.39 is 5.60 Å². The Morgan fingerprint density at radius 3 is 2.27 bits per heavy atom. The number of ether oxygens (including phenoxy) is 2. The van der Waals surface area contributed by atoms with E-state index in [0.29, 0.717) is 22.6 Å². The smallest absolute Gasteiger partial charge is 0.166 e. The highest BCUT2D eigenvalue weighted by molar-refractivity contribution is 5.97. The number of carbonyl (C=O) groups excluding carboxylic acids is 1. The molecule has 0 saturated heterocycles. The van der Waals surface area contributed by atoms with E-state index in [-0.39, 0.29) is 12.2 Å². The summed E-state index contributed by atoms with van der Waals surface area (Å²) in [6.07, 6.45) is -0.0205. The Morgan fingerprint density at radius 2 is 1.64 bits per heavy atom. The first-order valence-electron chi connectivity index (χ1n) is 7.00. The van der Waals surface area contributed by atoms with Crippen LogP contribution in [0.1, 0.15) is 29.3 Å². The highest BCUT2D eigenvalue weighted by Gasteiger charge is 2.27. The van der Waals surface area contributed by atoms with Gasteiger partial charge in [-0.15, -0.1) is 0 Å². The lowest BCUT2D eigenvalue weighted by Gasteiger charge is -2.23. The van der Waals surface area contributed by atoms with Crippen molar-refractivity contribution in [2.75, 3.05) is 14.2 Å². The van der Waals surface area contributed by atoms with Crippen molar-refractivity contribution in [2.24, 2.45) is 0 Å². The molecule has 0 radical (unpaired) electrons. The Hall–Kier alpha value is -2.33. The molecule has 2 rings (SSSR count). The molecule has 1 unspecified atom stereocenters. The first-order valence-corrected chi connectivity index (χ1v) is 7.00. The lowest BCUT2D eigenvalue weighted by atomic mass is 9.88. The molecule has 0 saturated carbocycles. The van der Waals surface area contributed by atoms with Gasteiger partial charge in [-0.1, -0.05) is 24.3 Å². The van der Waals surface area contributed by atoms with Gasteiger partial charge in [-0.25, -0.2) is 0 Å². The Kier molecular flexibility index (Phi) is 4.83. The van der Waals surface area contributed by atoms with Crippen LogP contribution in [0, 0.1) is 0 Å². The number of Topliss-reactive ketones (excluding diaryl/α,β-unsaturated/α-hetero) is 1. The van der Waals surface area contributed by atoms with E-state index in [9.17, 15) is 9.90 Å². The van der Waals surface area contributed by atoms with E-state index in [1.165, 1.54) is 0 Å². The second kappa shape index (κ2) is 6.62. The van der Waals surface area contributed by atoms with Crippen molar-refractivity contribution in [3.05, 3.63) is 59.7 Å². The Bertz CT molecular complexity index is 662. The summed E-state index contributed by atoms with van der Waals surface area (Å²) in [5.41, 5.74) is -0.111. The summed E-state index contributed by atoms with van der Waals surface area (Å²) in [6, 6.07) is 14.0. The molecule has 0 heterocycles. The van der Waals surface area contributed by atoms with Gasteiger partial charge >= 0.3 is 0 Å². The maximum atomic E-state index is 12.4. The minimum absolute atomic E-state index is 0.0205. The fourth-order valence-electron chi connectivity index (χ4n) is 2.27. The Balaban J connectivity index is 2.21. The van der Waals surface area contributed by atoms with Crippen LogP contribution in [0.15, 0.2) is 48.5 Å². The summed E-state index contributed by atoms with van der Waals surface area (Å²) in [6.45, 7) is 1.62. The minimum Gasteiger partial charge on any atom is -0.497 e. The topological polar surface area (TPSA) is 55.8 Å². The summed E-state index contributed by atoms with van der Waals surface area (Å²) in [5, 5.41) is 10.7. The fourth-order valence-corrected chi connectivity index (χ4v) is 2.27. The monoisotopic (exact) mass is 300 g/mol. The van der Waals surface area contributed by atoms with E-state index in [4.69, 9.17) is 9.47 Å². The van der Waals surface area contributed by atoms with Crippen LogP contribution in [0.4, 0.5) is 0 Å². The zero-order chi connectivity index (χ0) is 16.2. The van der Waals surface area contributed by atoms with Gasteiger partial charge in [-0.3, -0.25) is 4.79 Å². The largest absolute Gasteiger partial charge is 0.497 e. The van der Waals surface area contributed by atoms with Crippen LogP contribution >= 0.6 is 0 Å². The third-order valence-corrected chi connectivity index (χ3v) is 3.59. The molecule has 2 aromatic carbocycles. The van der Waals surface area contributed by atoms with Crippen LogP contribution < -0.4 is 9.47 Å². The molecule has 1 atom stereocenters. The maximum absolute atomic E-state index is 12.4. The molecule has 0 spiro atoms. The van der Waals surface area contributed by atoms with E-state index >= 15 is 0 Å². The van der Waals surface area contributed by atoms with Gasteiger partial charge in [-0.05, 0) is 36.8 Å². The lowest BCUT2D eigenvalue weighted by molar-refractivity contribution is 0.0429. The van der Waals surface area contributed by atoms with Gasteiger partial charge in [0, 0.05) is 12.0 Å². The molecule has 4 nitrogen and oxygen atoms in total. The highest BCUT2D eigenvalue weighted by Crippen LogP contribution is 2.29. The minimum atomic E-state index is -1.27. The summed E-state index contributed by atoms with van der Waals surface area (Å²) >= 11 is 0. The van der Waals surface area contributed by atoms with Gasteiger partial charge in [0.1, 0.15) is 11.5 Å². The summed E-state index contributed by atoms with van der Waals surface area (Å²) < 4.78 is 10.3. The molecular weight excluding hydrogens is 280 g/mol. The summed E-state index contributed by atoms with van der Waals surface area (Å²) in [7, 11) is 3.12. The second-order valence-corrected chi connectivity index (χ2v) is 5.34. The Morgan fingerprint density at radius 1 is 1.05 bits per heavy atom. The zero-order valence-corrected chi connectivity index (χ0v) is 13.0. The van der Waals surface area contributed by atoms with Gasteiger partial charge in [0.2, 0.25) is 0 Å². The molecule has 2 aromatic rings. The van der Waals surface area contributed by atoms with Crippen LogP contribution in [0.5, 0.6) is 11.5 Å². The van der Waals surface area contributed by atoms with Crippen molar-refractivity contribution in [3.63, 3.8) is 0 Å². The molecule has 0 aliphatic heterocycles. The van der Waals surface area contributed by atoms with Gasteiger partial charge in [-0.2, -0.15) is 0 Å². The molecule has 0 bridgehead atoms. The van der Waals surface area contributed by atoms with Crippen LogP contribution in [0.25, 0.3) is 0 Å². The molecule has 0 aliphatic carbocycles. The van der Waals surface area contributed by atoms with Crippen molar-refractivity contribution >= 4 is 5.78 Å². The normalized spacial score (nSPS) is 13.3. The quantitative estimate of drug-likeness (QED) is 0.832. The molecule has 1 N–H and O–H groups in total. The van der Waals surface area contributed by atoms with Gasteiger partial charge < -0.3 is 14.6 Å². The van der Waals surface area contributed by atoms with Gasteiger partial charge in [0.25, 0.3) is 0 Å². The third kappa shape index (κ3) is 3.65. The van der Waals surface area contributed by atoms with Crippen molar-refractivity contribution in [2.45, 2.75) is 18.9 Å². The van der Waals surface area contributed by atoms with E-state index in [1.807, 2.05) is 0 Å². The number of benzene rings is 2. The molecule has 0 aliphatic rings. The molecular formula is C18H20O4. The van der Waals surface area contributed by atoms with Gasteiger partial charge in [0.15, 0.2) is 5.78 Å². The number of aliphatic hydroxyl groups is 1. The first kappa shape index (κ1) is 16.0. The van der Waals surface area contributed by atoms with Crippen molar-refractivity contribution in [3.8, 4) is 11.5 Å². The second-order valence-electron chi connectivity index (χ2n) is 5.34. The zero-order valence-electron chi connectivity index (χ0n) is 13.0. The van der Waals surface area contributed by atoms with E-state index in [2.05, 4.69) is 0 Å². The summed E-state index contributed by atoms with van der Waals surface area (Å²) in [4.78, 5) is 12.4. The molecule has 0 aromatic heterocycles. The number of carbonyl (C=O) groups is 1. The molecule has 4 heteroatoms. The number of hydrogen-bond donors (Lipinski definition) is 1. The average Bonchev–Trinajstić information content (AvgIpc) is 2.54. The lowest BCUT2D eigenvalue weighted by Crippen LogP contribution is -2.25. The fraction of sp³-hybridized carbons (Fsp3) is 0.278.